The highest BCUT2D eigenvalue weighted by Crippen LogP contribution is 2.27. The number of anilines is 1. The van der Waals surface area contributed by atoms with Crippen molar-refractivity contribution in [3.05, 3.63) is 65.0 Å². The van der Waals surface area contributed by atoms with E-state index in [1.54, 1.807) is 36.1 Å². The van der Waals surface area contributed by atoms with Crippen LogP contribution in [0, 0.1) is 12.7 Å². The Kier molecular flexibility index (Phi) is 6.53. The third-order valence-electron chi connectivity index (χ3n) is 6.34. The molecule has 0 saturated carbocycles. The summed E-state index contributed by atoms with van der Waals surface area (Å²) in [6, 6.07) is 11.1. The number of halogens is 1. The third kappa shape index (κ3) is 4.52. The van der Waals surface area contributed by atoms with Gasteiger partial charge in [0.05, 0.1) is 16.8 Å². The number of piperidine rings is 2. The van der Waals surface area contributed by atoms with Gasteiger partial charge < -0.3 is 15.1 Å². The summed E-state index contributed by atoms with van der Waals surface area (Å²) < 4.78 is 14.1. The fraction of sp³-hybridized carbons (Fsp3) is 0.400. The number of likely N-dealkylation sites (tertiary alicyclic amines) is 2. The van der Waals surface area contributed by atoms with Gasteiger partial charge in [-0.3, -0.25) is 14.4 Å². The van der Waals surface area contributed by atoms with Crippen LogP contribution in [-0.4, -0.2) is 53.2 Å². The van der Waals surface area contributed by atoms with E-state index in [1.165, 1.54) is 18.2 Å². The lowest BCUT2D eigenvalue weighted by molar-refractivity contribution is -0.136. The van der Waals surface area contributed by atoms with Crippen LogP contribution in [0.4, 0.5) is 10.1 Å². The molecule has 0 bridgehead atoms. The highest BCUT2D eigenvalue weighted by atomic mass is 19.1. The van der Waals surface area contributed by atoms with Gasteiger partial charge in [-0.2, -0.15) is 0 Å². The van der Waals surface area contributed by atoms with Gasteiger partial charge >= 0.3 is 0 Å². The molecule has 1 unspecified atom stereocenters. The Bertz CT molecular complexity index is 1040. The maximum atomic E-state index is 14.1. The number of benzene rings is 2. The van der Waals surface area contributed by atoms with E-state index in [2.05, 4.69) is 5.32 Å². The van der Waals surface area contributed by atoms with Crippen LogP contribution < -0.4 is 5.32 Å². The van der Waals surface area contributed by atoms with Gasteiger partial charge in [0.15, 0.2) is 0 Å². The first-order chi connectivity index (χ1) is 15.5. The Hall–Kier alpha value is -3.22. The van der Waals surface area contributed by atoms with Crippen LogP contribution in [0.25, 0.3) is 0 Å². The molecular formula is C25H28FN3O3. The molecule has 2 aliphatic heterocycles. The first-order valence-corrected chi connectivity index (χ1v) is 11.2. The minimum Gasteiger partial charge on any atom is -0.338 e. The summed E-state index contributed by atoms with van der Waals surface area (Å²) in [6.07, 6.45) is 4.22. The predicted molar refractivity (Wildman–Crippen MR) is 120 cm³/mol. The van der Waals surface area contributed by atoms with Crippen LogP contribution >= 0.6 is 0 Å². The Balaban J connectivity index is 1.55. The maximum absolute atomic E-state index is 14.1. The number of aryl methyl sites for hydroxylation is 1. The van der Waals surface area contributed by atoms with Gasteiger partial charge in [-0.05, 0) is 56.4 Å². The van der Waals surface area contributed by atoms with Crippen LogP contribution in [0.1, 0.15) is 58.4 Å². The molecule has 0 aliphatic carbocycles. The Morgan fingerprint density at radius 2 is 1.78 bits per heavy atom. The average Bonchev–Trinajstić information content (AvgIpc) is 2.80. The zero-order chi connectivity index (χ0) is 22.7. The van der Waals surface area contributed by atoms with E-state index in [0.29, 0.717) is 30.8 Å². The van der Waals surface area contributed by atoms with Crippen molar-refractivity contribution >= 4 is 23.4 Å². The molecule has 32 heavy (non-hydrogen) atoms. The smallest absolute Gasteiger partial charge is 0.258 e. The molecule has 1 atom stereocenters. The molecule has 6 nitrogen and oxygen atoms in total. The maximum Gasteiger partial charge on any atom is 0.258 e. The summed E-state index contributed by atoms with van der Waals surface area (Å²) >= 11 is 0. The number of hydrogen-bond acceptors (Lipinski definition) is 3. The van der Waals surface area contributed by atoms with Crippen LogP contribution in [0.3, 0.4) is 0 Å². The molecule has 4 rings (SSSR count). The fourth-order valence-corrected chi connectivity index (χ4v) is 4.61. The molecule has 2 saturated heterocycles. The molecule has 2 aromatic carbocycles. The van der Waals surface area contributed by atoms with Crippen molar-refractivity contribution in [2.24, 2.45) is 0 Å². The van der Waals surface area contributed by atoms with Crippen LogP contribution in [0.5, 0.6) is 0 Å². The van der Waals surface area contributed by atoms with E-state index in [4.69, 9.17) is 0 Å². The van der Waals surface area contributed by atoms with Gasteiger partial charge in [0.2, 0.25) is 5.91 Å². The van der Waals surface area contributed by atoms with Gasteiger partial charge in [-0.1, -0.05) is 24.3 Å². The third-order valence-corrected chi connectivity index (χ3v) is 6.34. The van der Waals surface area contributed by atoms with E-state index in [9.17, 15) is 18.8 Å². The van der Waals surface area contributed by atoms with E-state index in [1.807, 2.05) is 4.90 Å². The number of nitrogens with zero attached hydrogens (tertiary/aromatic N) is 2. The van der Waals surface area contributed by atoms with Gasteiger partial charge in [0.25, 0.3) is 11.8 Å². The molecule has 2 heterocycles. The number of para-hydroxylation sites is 1. The summed E-state index contributed by atoms with van der Waals surface area (Å²) in [7, 11) is 0. The van der Waals surface area contributed by atoms with Crippen molar-refractivity contribution < 1.29 is 18.8 Å². The van der Waals surface area contributed by atoms with Gasteiger partial charge in [0, 0.05) is 32.1 Å². The largest absolute Gasteiger partial charge is 0.338 e. The quantitative estimate of drug-likeness (QED) is 0.786. The van der Waals surface area contributed by atoms with Crippen molar-refractivity contribution in [3.63, 3.8) is 0 Å². The summed E-state index contributed by atoms with van der Waals surface area (Å²) in [5, 5.41) is 2.75. The number of amides is 3. The Morgan fingerprint density at radius 1 is 1.00 bits per heavy atom. The van der Waals surface area contributed by atoms with Gasteiger partial charge in [-0.15, -0.1) is 0 Å². The summed E-state index contributed by atoms with van der Waals surface area (Å²) in [5.41, 5.74) is 1.42. The molecule has 1 N–H and O–H groups in total. The fourth-order valence-electron chi connectivity index (χ4n) is 4.61. The SMILES string of the molecule is Cc1cccc(C(=O)N2CCCC(N3CCCCC3=O)C2)c1NC(=O)c1ccccc1F. The minimum atomic E-state index is -0.614. The van der Waals surface area contributed by atoms with Crippen molar-refractivity contribution in [2.45, 2.75) is 45.1 Å². The molecule has 3 amide bonds. The number of carbonyl (C=O) groups excluding carboxylic acids is 3. The van der Waals surface area contributed by atoms with E-state index >= 15 is 0 Å². The summed E-state index contributed by atoms with van der Waals surface area (Å²) in [4.78, 5) is 42.2. The molecular weight excluding hydrogens is 409 g/mol. The molecule has 7 heteroatoms. The molecule has 2 aliphatic rings. The minimum absolute atomic E-state index is 0.0294. The van der Waals surface area contributed by atoms with E-state index in [0.717, 1.165) is 37.8 Å². The van der Waals surface area contributed by atoms with Crippen molar-refractivity contribution in [2.75, 3.05) is 25.0 Å². The second-order valence-corrected chi connectivity index (χ2v) is 8.52. The van der Waals surface area contributed by atoms with Crippen molar-refractivity contribution in [1.82, 2.24) is 9.80 Å². The molecule has 0 radical (unpaired) electrons. The molecule has 0 spiro atoms. The number of rotatable bonds is 4. The molecule has 2 fully saturated rings. The second-order valence-electron chi connectivity index (χ2n) is 8.52. The standard InChI is InChI=1S/C25H28FN3O3/c1-17-8-6-11-20(23(17)27-24(31)19-10-2-3-12-21(19)26)25(32)28-14-7-9-18(16-28)29-15-5-4-13-22(29)30/h2-3,6,8,10-12,18H,4-5,7,9,13-16H2,1H3,(H,27,31). The molecule has 168 valence electrons. The predicted octanol–water partition coefficient (Wildman–Crippen LogP) is 4.00. The number of nitrogens with one attached hydrogen (secondary N) is 1. The van der Waals surface area contributed by atoms with Gasteiger partial charge in [-0.25, -0.2) is 4.39 Å². The summed E-state index contributed by atoms with van der Waals surface area (Å²) in [5.74, 6) is -1.23. The first kappa shape index (κ1) is 22.0. The molecule has 2 aromatic rings. The zero-order valence-electron chi connectivity index (χ0n) is 18.3. The number of carbonyl (C=O) groups is 3. The van der Waals surface area contributed by atoms with Crippen LogP contribution in [0.2, 0.25) is 0 Å². The highest BCUT2D eigenvalue weighted by molar-refractivity contribution is 6.09. The van der Waals surface area contributed by atoms with Crippen LogP contribution in [0.15, 0.2) is 42.5 Å². The normalized spacial score (nSPS) is 19.1. The summed E-state index contributed by atoms with van der Waals surface area (Å²) in [6.45, 7) is 3.64. The lowest BCUT2D eigenvalue weighted by Crippen LogP contribution is -2.53. The lowest BCUT2D eigenvalue weighted by atomic mass is 9.99. The second kappa shape index (κ2) is 9.51. The van der Waals surface area contributed by atoms with E-state index in [-0.39, 0.29) is 23.4 Å². The Morgan fingerprint density at radius 3 is 2.56 bits per heavy atom. The lowest BCUT2D eigenvalue weighted by Gasteiger charge is -2.41. The first-order valence-electron chi connectivity index (χ1n) is 11.2. The van der Waals surface area contributed by atoms with E-state index < -0.39 is 11.7 Å². The highest BCUT2D eigenvalue weighted by Gasteiger charge is 2.32. The molecule has 0 aromatic heterocycles. The topological polar surface area (TPSA) is 69.7 Å². The van der Waals surface area contributed by atoms with Crippen LogP contribution in [-0.2, 0) is 4.79 Å². The van der Waals surface area contributed by atoms with Gasteiger partial charge in [0.1, 0.15) is 5.82 Å². The zero-order valence-corrected chi connectivity index (χ0v) is 18.3. The Labute approximate surface area is 187 Å². The average molecular weight is 438 g/mol. The van der Waals surface area contributed by atoms with Crippen molar-refractivity contribution in [3.8, 4) is 0 Å². The monoisotopic (exact) mass is 437 g/mol. The van der Waals surface area contributed by atoms with Crippen molar-refractivity contribution in [1.29, 1.82) is 0 Å². The number of hydrogen-bond donors (Lipinski definition) is 1.